The molecule has 0 bridgehead atoms. The molecule has 0 aliphatic carbocycles. The van der Waals surface area contributed by atoms with E-state index in [2.05, 4.69) is 16.4 Å². The molecule has 1 amide bonds. The maximum absolute atomic E-state index is 14.1. The van der Waals surface area contributed by atoms with Gasteiger partial charge in [0, 0.05) is 36.8 Å². The van der Waals surface area contributed by atoms with E-state index in [1.165, 1.54) is 12.1 Å². The van der Waals surface area contributed by atoms with E-state index in [1.807, 2.05) is 41.6 Å². The zero-order valence-corrected chi connectivity index (χ0v) is 21.0. The van der Waals surface area contributed by atoms with Crippen molar-refractivity contribution in [3.8, 4) is 11.4 Å². The topological polar surface area (TPSA) is 59.4 Å². The number of amides is 1. The summed E-state index contributed by atoms with van der Waals surface area (Å²) < 4.78 is 21.7. The Hall–Kier alpha value is -2.90. The number of aromatic nitrogens is 2. The first-order chi connectivity index (χ1) is 16.8. The summed E-state index contributed by atoms with van der Waals surface area (Å²) in [6.07, 6.45) is 5.43. The van der Waals surface area contributed by atoms with Crippen LogP contribution in [-0.2, 0) is 4.79 Å². The number of ether oxygens (including phenoxy) is 1. The lowest BCUT2D eigenvalue weighted by molar-refractivity contribution is -0.148. The van der Waals surface area contributed by atoms with Crippen LogP contribution in [0.3, 0.4) is 0 Å². The predicted molar refractivity (Wildman–Crippen MR) is 134 cm³/mol. The number of halogens is 2. The van der Waals surface area contributed by atoms with E-state index in [9.17, 15) is 9.18 Å². The summed E-state index contributed by atoms with van der Waals surface area (Å²) in [4.78, 5) is 20.3. The number of aryl methyl sites for hydroxylation is 1. The second-order valence-corrected chi connectivity index (χ2v) is 10.1. The molecule has 0 radical (unpaired) electrons. The lowest BCUT2D eigenvalue weighted by atomic mass is 9.68. The number of hydrogen-bond donors (Lipinski definition) is 1. The highest BCUT2D eigenvalue weighted by Crippen LogP contribution is 2.48. The first-order valence-electron chi connectivity index (χ1n) is 12.0. The smallest absolute Gasteiger partial charge is 0.231 e. The summed E-state index contributed by atoms with van der Waals surface area (Å²) >= 11 is 6.11. The highest BCUT2D eigenvalue weighted by molar-refractivity contribution is 6.30. The molecule has 3 aromatic rings. The molecule has 2 aliphatic heterocycles. The van der Waals surface area contributed by atoms with Gasteiger partial charge in [-0.3, -0.25) is 4.79 Å². The number of likely N-dealkylation sites (tertiary alicyclic amines) is 1. The molecule has 2 aliphatic rings. The van der Waals surface area contributed by atoms with Crippen LogP contribution in [0.25, 0.3) is 5.69 Å². The maximum Gasteiger partial charge on any atom is 0.231 e. The van der Waals surface area contributed by atoms with Gasteiger partial charge < -0.3 is 19.5 Å². The first-order valence-corrected chi connectivity index (χ1v) is 12.4. The number of carbonyl (C=O) groups excluding carboxylic acids is 1. The fourth-order valence-electron chi connectivity index (χ4n) is 5.78. The summed E-state index contributed by atoms with van der Waals surface area (Å²) in [6.45, 7) is 5.88. The average molecular weight is 497 g/mol. The van der Waals surface area contributed by atoms with E-state index in [1.54, 1.807) is 19.5 Å². The predicted octanol–water partition coefficient (Wildman–Crippen LogP) is 5.04. The Labute approximate surface area is 210 Å². The molecule has 6 nitrogen and oxygen atoms in total. The van der Waals surface area contributed by atoms with E-state index in [4.69, 9.17) is 16.3 Å². The molecule has 3 atom stereocenters. The normalized spacial score (nSPS) is 23.2. The molecule has 2 aromatic carbocycles. The van der Waals surface area contributed by atoms with Crippen molar-refractivity contribution in [3.63, 3.8) is 0 Å². The molecule has 2 unspecified atom stereocenters. The van der Waals surface area contributed by atoms with E-state index >= 15 is 0 Å². The van der Waals surface area contributed by atoms with Crippen LogP contribution >= 0.6 is 11.6 Å². The third-order valence-corrected chi connectivity index (χ3v) is 7.81. The lowest BCUT2D eigenvalue weighted by Gasteiger charge is -2.45. The summed E-state index contributed by atoms with van der Waals surface area (Å²) in [7, 11) is 1.66. The van der Waals surface area contributed by atoms with Gasteiger partial charge in [0.2, 0.25) is 5.91 Å². The molecular formula is C27H30ClFN4O2. The zero-order valence-electron chi connectivity index (χ0n) is 20.2. The number of methoxy groups -OCH3 is 1. The van der Waals surface area contributed by atoms with E-state index in [-0.39, 0.29) is 23.7 Å². The molecule has 184 valence electrons. The van der Waals surface area contributed by atoms with Gasteiger partial charge in [-0.05, 0) is 68.1 Å². The van der Waals surface area contributed by atoms with Gasteiger partial charge >= 0.3 is 0 Å². The van der Waals surface area contributed by atoms with Crippen LogP contribution in [0.15, 0.2) is 48.9 Å². The van der Waals surface area contributed by atoms with Gasteiger partial charge in [0.05, 0.1) is 36.3 Å². The second kappa shape index (κ2) is 9.28. The minimum Gasteiger partial charge on any atom is -0.495 e. The Bertz CT molecular complexity index is 1240. The van der Waals surface area contributed by atoms with Crippen LogP contribution in [-0.4, -0.2) is 47.1 Å². The van der Waals surface area contributed by atoms with E-state index < -0.39 is 5.41 Å². The van der Waals surface area contributed by atoms with Crippen molar-refractivity contribution in [3.05, 3.63) is 76.6 Å². The van der Waals surface area contributed by atoms with Crippen molar-refractivity contribution < 1.29 is 13.9 Å². The number of nitrogens with zero attached hydrogens (tertiary/aromatic N) is 3. The largest absolute Gasteiger partial charge is 0.495 e. The number of carbonyl (C=O) groups is 1. The van der Waals surface area contributed by atoms with Crippen molar-refractivity contribution in [2.45, 2.75) is 38.6 Å². The maximum atomic E-state index is 14.1. The number of hydrogen-bond acceptors (Lipinski definition) is 4. The van der Waals surface area contributed by atoms with Crippen molar-refractivity contribution in [1.29, 1.82) is 0 Å². The van der Waals surface area contributed by atoms with Crippen LogP contribution in [0.2, 0.25) is 5.02 Å². The second-order valence-electron chi connectivity index (χ2n) is 9.67. The third kappa shape index (κ3) is 4.21. The van der Waals surface area contributed by atoms with Crippen LogP contribution < -0.4 is 10.1 Å². The Balaban J connectivity index is 1.47. The van der Waals surface area contributed by atoms with Gasteiger partial charge in [0.25, 0.3) is 0 Å². The van der Waals surface area contributed by atoms with Crippen molar-refractivity contribution in [1.82, 2.24) is 19.8 Å². The number of nitrogens with one attached hydrogen (secondary N) is 1. The quantitative estimate of drug-likeness (QED) is 0.537. The lowest BCUT2D eigenvalue weighted by Crippen LogP contribution is -2.52. The zero-order chi connectivity index (χ0) is 24.7. The van der Waals surface area contributed by atoms with E-state index in [0.717, 1.165) is 35.5 Å². The van der Waals surface area contributed by atoms with E-state index in [0.29, 0.717) is 30.2 Å². The highest BCUT2D eigenvalue weighted by Gasteiger charge is 2.53. The molecule has 3 heterocycles. The van der Waals surface area contributed by atoms with Gasteiger partial charge in [-0.2, -0.15) is 0 Å². The molecule has 1 spiro atoms. The molecule has 0 saturated carbocycles. The fourth-order valence-corrected chi connectivity index (χ4v) is 6.01. The van der Waals surface area contributed by atoms with Crippen LogP contribution in [0.4, 0.5) is 4.39 Å². The molecule has 8 heteroatoms. The Morgan fingerprint density at radius 3 is 2.83 bits per heavy atom. The number of benzene rings is 2. The third-order valence-electron chi connectivity index (χ3n) is 7.60. The molecule has 2 fully saturated rings. The Morgan fingerprint density at radius 1 is 1.29 bits per heavy atom. The molecule has 35 heavy (non-hydrogen) atoms. The minimum atomic E-state index is -0.554. The van der Waals surface area contributed by atoms with Gasteiger partial charge in [-0.15, -0.1) is 0 Å². The summed E-state index contributed by atoms with van der Waals surface area (Å²) in [5.74, 6) is 0.470. The van der Waals surface area contributed by atoms with Crippen molar-refractivity contribution >= 4 is 17.5 Å². The molecule has 2 saturated heterocycles. The van der Waals surface area contributed by atoms with Gasteiger partial charge in [-0.25, -0.2) is 9.37 Å². The molecule has 1 N–H and O–H groups in total. The molecule has 1 aromatic heterocycles. The molecular weight excluding hydrogens is 467 g/mol. The van der Waals surface area contributed by atoms with Crippen LogP contribution in [0, 0.1) is 18.2 Å². The van der Waals surface area contributed by atoms with Crippen molar-refractivity contribution in [2.24, 2.45) is 5.41 Å². The van der Waals surface area contributed by atoms with Gasteiger partial charge in [-0.1, -0.05) is 17.7 Å². The summed E-state index contributed by atoms with van der Waals surface area (Å²) in [5.41, 5.74) is 3.07. The molecule has 5 rings (SSSR count). The number of rotatable bonds is 5. The summed E-state index contributed by atoms with van der Waals surface area (Å²) in [5, 5.41) is 3.82. The van der Waals surface area contributed by atoms with Crippen LogP contribution in [0.1, 0.15) is 48.5 Å². The Morgan fingerprint density at radius 2 is 2.11 bits per heavy atom. The van der Waals surface area contributed by atoms with Gasteiger partial charge in [0.15, 0.2) is 0 Å². The SMILES string of the molecule is COc1cc(C2CNCC23CCCN([C@@H](C)c2cc(F)cc(Cl)c2)C3=O)ccc1-n1cnc(C)c1. The standard InChI is InChI=1S/C27H30ClFN4O2/c1-17-14-32(16-31-17)24-6-5-19(11-25(24)35-3)23-13-30-15-27(23)7-4-8-33(26(27)34)18(2)20-9-21(28)12-22(29)10-20/h5-6,9-12,14,16,18,23,30H,4,7-8,13,15H2,1-3H3/t18-,23?,27?/m0/s1. The minimum absolute atomic E-state index is 0.00794. The average Bonchev–Trinajstić information content (AvgIpc) is 3.46. The Kier molecular flexibility index (Phi) is 6.32. The van der Waals surface area contributed by atoms with Crippen LogP contribution in [0.5, 0.6) is 5.75 Å². The number of piperidine rings is 1. The van der Waals surface area contributed by atoms with Crippen molar-refractivity contribution in [2.75, 3.05) is 26.7 Å². The monoisotopic (exact) mass is 496 g/mol. The highest BCUT2D eigenvalue weighted by atomic mass is 35.5. The summed E-state index contributed by atoms with van der Waals surface area (Å²) in [6, 6.07) is 10.4. The first kappa shape index (κ1) is 23.8. The number of imidazole rings is 1. The fraction of sp³-hybridized carbons (Fsp3) is 0.407. The van der Waals surface area contributed by atoms with Gasteiger partial charge in [0.1, 0.15) is 11.6 Å².